The third kappa shape index (κ3) is 5.97. The molecule has 0 spiro atoms. The first-order valence-electron chi connectivity index (χ1n) is 14.5. The molecular weight excluding hydrogens is 624 g/mol. The Hall–Kier alpha value is -6.70. The van der Waals surface area contributed by atoms with E-state index in [0.717, 1.165) is 9.80 Å². The van der Waals surface area contributed by atoms with Crippen LogP contribution in [0.25, 0.3) is 0 Å². The van der Waals surface area contributed by atoms with Gasteiger partial charge in [-0.15, -0.1) is 0 Å². The summed E-state index contributed by atoms with van der Waals surface area (Å²) in [7, 11) is 0. The zero-order valence-corrected chi connectivity index (χ0v) is 24.9. The number of azo groups is 1. The van der Waals surface area contributed by atoms with E-state index in [-0.39, 0.29) is 71.1 Å². The SMILES string of the molecule is O=C(OCCN1C(=O)c2ccccc2C1=O)c1cc(N=Nc2ccc(O)c(C(=O)OCCN3C(=O)c4ccccc4C3=O)c2)ccc1O. The molecule has 4 aromatic carbocycles. The number of phenols is 2. The minimum Gasteiger partial charge on any atom is -0.507 e. The third-order valence-corrected chi connectivity index (χ3v) is 7.53. The number of imide groups is 2. The lowest BCUT2D eigenvalue weighted by atomic mass is 10.1. The standard InChI is InChI=1S/C34H24N4O10/c39-27-11-9-19(17-25(27)33(45)47-15-13-37-29(41)21-5-1-2-6-22(21)30(37)42)35-36-20-10-12-28(40)26(18-20)34(46)48-16-14-38-31(43)23-7-3-4-8-24(23)32(38)44/h1-12,17-18,39-40H,13-16H2. The summed E-state index contributed by atoms with van der Waals surface area (Å²) in [6.45, 7) is -1.01. The second-order valence-electron chi connectivity index (χ2n) is 10.5. The average Bonchev–Trinajstić information content (AvgIpc) is 3.48. The molecule has 0 saturated carbocycles. The predicted octanol–water partition coefficient (Wildman–Crippen LogP) is 4.42. The van der Waals surface area contributed by atoms with Crippen molar-refractivity contribution in [2.24, 2.45) is 10.2 Å². The van der Waals surface area contributed by atoms with Crippen molar-refractivity contribution in [3.05, 3.63) is 118 Å². The summed E-state index contributed by atoms with van der Waals surface area (Å²) in [4.78, 5) is 77.4. The fourth-order valence-corrected chi connectivity index (χ4v) is 5.11. The highest BCUT2D eigenvalue weighted by atomic mass is 16.5. The van der Waals surface area contributed by atoms with E-state index in [4.69, 9.17) is 9.47 Å². The largest absolute Gasteiger partial charge is 0.507 e. The molecule has 0 unspecified atom stereocenters. The zero-order chi connectivity index (χ0) is 33.9. The molecule has 0 aromatic heterocycles. The number of fused-ring (bicyclic) bond motifs is 2. The summed E-state index contributed by atoms with van der Waals surface area (Å²) in [5.41, 5.74) is 0.812. The van der Waals surface area contributed by atoms with Gasteiger partial charge >= 0.3 is 11.9 Å². The lowest BCUT2D eigenvalue weighted by Gasteiger charge is -2.14. The average molecular weight is 649 g/mol. The van der Waals surface area contributed by atoms with Crippen LogP contribution in [0.1, 0.15) is 62.1 Å². The van der Waals surface area contributed by atoms with E-state index in [1.165, 1.54) is 60.7 Å². The Kier molecular flexibility index (Phi) is 8.45. The molecule has 14 nitrogen and oxygen atoms in total. The van der Waals surface area contributed by atoms with Gasteiger partial charge in [-0.3, -0.25) is 29.0 Å². The first-order chi connectivity index (χ1) is 23.1. The first-order valence-corrected chi connectivity index (χ1v) is 14.5. The maximum atomic E-state index is 12.7. The highest BCUT2D eigenvalue weighted by molar-refractivity contribution is 6.22. The number of rotatable bonds is 10. The van der Waals surface area contributed by atoms with E-state index in [2.05, 4.69) is 10.2 Å². The molecule has 0 atom stereocenters. The number of aromatic hydroxyl groups is 2. The van der Waals surface area contributed by atoms with E-state index in [1.54, 1.807) is 24.3 Å². The van der Waals surface area contributed by atoms with E-state index in [0.29, 0.717) is 0 Å². The molecule has 14 heteroatoms. The fraction of sp³-hybridized carbons (Fsp3) is 0.118. The second-order valence-corrected chi connectivity index (χ2v) is 10.5. The van der Waals surface area contributed by atoms with Gasteiger partial charge in [-0.1, -0.05) is 24.3 Å². The molecule has 2 aliphatic rings. The smallest absolute Gasteiger partial charge is 0.342 e. The van der Waals surface area contributed by atoms with Crippen molar-refractivity contribution in [3.8, 4) is 11.5 Å². The van der Waals surface area contributed by atoms with Crippen molar-refractivity contribution in [2.45, 2.75) is 0 Å². The minimum absolute atomic E-state index is 0.123. The van der Waals surface area contributed by atoms with Gasteiger partial charge in [0.1, 0.15) is 35.8 Å². The molecule has 6 rings (SSSR count). The third-order valence-electron chi connectivity index (χ3n) is 7.53. The van der Waals surface area contributed by atoms with Gasteiger partial charge in [0.2, 0.25) is 0 Å². The van der Waals surface area contributed by atoms with Crippen molar-refractivity contribution in [3.63, 3.8) is 0 Å². The number of ether oxygens (including phenoxy) is 2. The van der Waals surface area contributed by atoms with Crippen LogP contribution in [-0.2, 0) is 9.47 Å². The maximum absolute atomic E-state index is 12.7. The Bertz CT molecular complexity index is 1840. The van der Waals surface area contributed by atoms with Crippen LogP contribution < -0.4 is 0 Å². The first kappa shape index (κ1) is 31.3. The van der Waals surface area contributed by atoms with Crippen LogP contribution in [0.4, 0.5) is 11.4 Å². The summed E-state index contributed by atoms with van der Waals surface area (Å²) in [5.74, 6) is -4.67. The van der Waals surface area contributed by atoms with E-state index in [9.17, 15) is 39.0 Å². The van der Waals surface area contributed by atoms with Crippen LogP contribution in [0.3, 0.4) is 0 Å². The van der Waals surface area contributed by atoms with Gasteiger partial charge < -0.3 is 19.7 Å². The Morgan fingerprint density at radius 1 is 0.542 bits per heavy atom. The molecule has 2 N–H and O–H groups in total. The van der Waals surface area contributed by atoms with Crippen LogP contribution in [0.15, 0.2) is 95.2 Å². The molecule has 4 amide bonds. The molecule has 4 aromatic rings. The van der Waals surface area contributed by atoms with Crippen molar-refractivity contribution < 1.29 is 48.5 Å². The van der Waals surface area contributed by atoms with Crippen molar-refractivity contribution in [2.75, 3.05) is 26.3 Å². The van der Waals surface area contributed by atoms with Gasteiger partial charge in [-0.2, -0.15) is 10.2 Å². The number of hydrogen-bond acceptors (Lipinski definition) is 12. The lowest BCUT2D eigenvalue weighted by molar-refractivity contribution is 0.0417. The zero-order valence-electron chi connectivity index (χ0n) is 24.9. The number of carbonyl (C=O) groups is 6. The number of amides is 4. The van der Waals surface area contributed by atoms with Crippen molar-refractivity contribution in [1.82, 2.24) is 9.80 Å². The Morgan fingerprint density at radius 3 is 1.21 bits per heavy atom. The molecule has 0 radical (unpaired) electrons. The normalized spacial score (nSPS) is 13.7. The molecule has 2 aliphatic heterocycles. The molecule has 0 bridgehead atoms. The number of benzene rings is 4. The van der Waals surface area contributed by atoms with E-state index in [1.807, 2.05) is 0 Å². The van der Waals surface area contributed by atoms with E-state index < -0.39 is 47.1 Å². The number of nitrogens with zero attached hydrogens (tertiary/aromatic N) is 4. The molecule has 0 saturated heterocycles. The van der Waals surface area contributed by atoms with Crippen LogP contribution in [0.2, 0.25) is 0 Å². The van der Waals surface area contributed by atoms with Gasteiger partial charge in [0.15, 0.2) is 0 Å². The van der Waals surface area contributed by atoms with Crippen LogP contribution in [0.5, 0.6) is 11.5 Å². The van der Waals surface area contributed by atoms with Gasteiger partial charge in [-0.05, 0) is 60.7 Å². The quantitative estimate of drug-likeness (QED) is 0.141. The van der Waals surface area contributed by atoms with Gasteiger partial charge in [-0.25, -0.2) is 9.59 Å². The molecule has 2 heterocycles. The number of phenolic OH excluding ortho intramolecular Hbond substituents is 2. The Labute approximate surface area is 271 Å². The van der Waals surface area contributed by atoms with E-state index >= 15 is 0 Å². The van der Waals surface area contributed by atoms with Crippen molar-refractivity contribution in [1.29, 1.82) is 0 Å². The molecule has 0 fully saturated rings. The molecule has 240 valence electrons. The maximum Gasteiger partial charge on any atom is 0.342 e. The molecular formula is C34H24N4O10. The van der Waals surface area contributed by atoms with Gasteiger partial charge in [0, 0.05) is 0 Å². The summed E-state index contributed by atoms with van der Waals surface area (Å²) >= 11 is 0. The lowest BCUT2D eigenvalue weighted by Crippen LogP contribution is -2.33. The number of esters is 2. The highest BCUT2D eigenvalue weighted by Crippen LogP contribution is 2.29. The van der Waals surface area contributed by atoms with Gasteiger partial charge in [0.25, 0.3) is 23.6 Å². The topological polar surface area (TPSA) is 193 Å². The molecule has 0 aliphatic carbocycles. The highest BCUT2D eigenvalue weighted by Gasteiger charge is 2.36. The summed E-state index contributed by atoms with van der Waals surface area (Å²) in [5, 5.41) is 28.5. The Morgan fingerprint density at radius 2 is 0.875 bits per heavy atom. The van der Waals surface area contributed by atoms with Crippen LogP contribution >= 0.6 is 0 Å². The second kappa shape index (κ2) is 13.0. The fourth-order valence-electron chi connectivity index (χ4n) is 5.11. The Balaban J connectivity index is 1.05. The monoisotopic (exact) mass is 648 g/mol. The summed E-state index contributed by atoms with van der Waals surface area (Å²) in [6.07, 6.45) is 0. The summed E-state index contributed by atoms with van der Waals surface area (Å²) < 4.78 is 10.4. The van der Waals surface area contributed by atoms with Crippen LogP contribution in [-0.4, -0.2) is 81.9 Å². The number of hydrogen-bond donors (Lipinski definition) is 2. The van der Waals surface area contributed by atoms with Gasteiger partial charge in [0.05, 0.1) is 46.7 Å². The van der Waals surface area contributed by atoms with Crippen LogP contribution in [0, 0.1) is 0 Å². The summed E-state index contributed by atoms with van der Waals surface area (Å²) in [6, 6.07) is 20.2. The van der Waals surface area contributed by atoms with Crippen molar-refractivity contribution >= 4 is 46.9 Å². The number of carbonyl (C=O) groups excluding carboxylic acids is 6. The molecule has 48 heavy (non-hydrogen) atoms. The minimum atomic E-state index is -0.933. The predicted molar refractivity (Wildman–Crippen MR) is 165 cm³/mol.